The number of anilines is 2. The Labute approximate surface area is 139 Å². The molecule has 1 fully saturated rings. The van der Waals surface area contributed by atoms with Gasteiger partial charge in [0.15, 0.2) is 5.82 Å². The fraction of sp³-hybridized carbons (Fsp3) is 0.353. The summed E-state index contributed by atoms with van der Waals surface area (Å²) < 4.78 is 15.1. The third-order valence-corrected chi connectivity index (χ3v) is 4.29. The van der Waals surface area contributed by atoms with E-state index in [2.05, 4.69) is 16.5 Å². The number of nitriles is 1. The predicted molar refractivity (Wildman–Crippen MR) is 87.4 cm³/mol. The number of hydrogen-bond acceptors (Lipinski definition) is 4. The van der Waals surface area contributed by atoms with E-state index in [9.17, 15) is 14.4 Å². The molecule has 0 bridgehead atoms. The molecule has 7 heteroatoms. The lowest BCUT2D eigenvalue weighted by molar-refractivity contribution is 0.100. The summed E-state index contributed by atoms with van der Waals surface area (Å²) in [6, 6.07) is 11.2. The van der Waals surface area contributed by atoms with Crippen molar-refractivity contribution in [1.82, 2.24) is 9.78 Å². The van der Waals surface area contributed by atoms with Crippen LogP contribution in [0.15, 0.2) is 36.5 Å². The summed E-state index contributed by atoms with van der Waals surface area (Å²) in [6.45, 7) is 0. The van der Waals surface area contributed by atoms with Crippen LogP contribution in [0.5, 0.6) is 0 Å². The number of halogens is 1. The first kappa shape index (κ1) is 16.0. The van der Waals surface area contributed by atoms with Crippen LogP contribution in [0.1, 0.15) is 35.7 Å². The second-order valence-electron chi connectivity index (χ2n) is 5.94. The molecule has 1 amide bonds. The second kappa shape index (κ2) is 6.71. The molecule has 1 aromatic carbocycles. The van der Waals surface area contributed by atoms with E-state index in [0.29, 0.717) is 18.7 Å². The number of amides is 1. The van der Waals surface area contributed by atoms with Gasteiger partial charge in [0.25, 0.3) is 5.91 Å². The molecule has 1 heterocycles. The van der Waals surface area contributed by atoms with Crippen molar-refractivity contribution in [3.63, 3.8) is 0 Å². The molecule has 0 radical (unpaired) electrons. The lowest BCUT2D eigenvalue weighted by Crippen LogP contribution is -2.27. The molecule has 0 saturated heterocycles. The van der Waals surface area contributed by atoms with Crippen LogP contribution >= 0.6 is 0 Å². The Balaban J connectivity index is 1.91. The van der Waals surface area contributed by atoms with Crippen LogP contribution in [0.4, 0.5) is 15.9 Å². The van der Waals surface area contributed by atoms with Crippen LogP contribution in [0.3, 0.4) is 0 Å². The maximum atomic E-state index is 13.5. The Bertz CT molecular complexity index is 767. The van der Waals surface area contributed by atoms with Gasteiger partial charge in [0, 0.05) is 11.9 Å². The standard InChI is InChI=1S/C17H18FN5O/c18-12-6-7-15(11(8-12)9-19)23-10-14(16(20)24)17(22-23)21-13-4-2-1-3-5-13/h1-5,10-12,15H,6-8H2,(H2,20,24)(H,21,22)/t11-,12?,15+/m1/s1. The van der Waals surface area contributed by atoms with E-state index in [-0.39, 0.29) is 18.0 Å². The molecule has 2 aromatic rings. The number of carbonyl (C=O) groups is 1. The van der Waals surface area contributed by atoms with Crippen molar-refractivity contribution in [3.05, 3.63) is 42.1 Å². The third-order valence-electron chi connectivity index (χ3n) is 4.29. The van der Waals surface area contributed by atoms with Crippen molar-refractivity contribution >= 4 is 17.4 Å². The number of primary amides is 1. The van der Waals surface area contributed by atoms with Crippen LogP contribution in [0, 0.1) is 17.2 Å². The zero-order valence-corrected chi connectivity index (χ0v) is 13.0. The predicted octanol–water partition coefficient (Wildman–Crippen LogP) is 2.93. The normalized spacial score (nSPS) is 23.4. The summed E-state index contributed by atoms with van der Waals surface area (Å²) in [5.74, 6) is -0.737. The summed E-state index contributed by atoms with van der Waals surface area (Å²) in [4.78, 5) is 11.7. The molecule has 1 saturated carbocycles. The van der Waals surface area contributed by atoms with Crippen LogP contribution in [-0.4, -0.2) is 21.9 Å². The molecule has 6 nitrogen and oxygen atoms in total. The molecule has 24 heavy (non-hydrogen) atoms. The smallest absolute Gasteiger partial charge is 0.254 e. The minimum atomic E-state index is -0.959. The number of nitrogens with one attached hydrogen (secondary N) is 1. The number of nitrogens with two attached hydrogens (primary N) is 1. The van der Waals surface area contributed by atoms with Crippen LogP contribution in [0.25, 0.3) is 0 Å². The minimum absolute atomic E-state index is 0.189. The molecule has 0 spiro atoms. The first-order chi connectivity index (χ1) is 11.6. The highest BCUT2D eigenvalue weighted by Gasteiger charge is 2.33. The van der Waals surface area contributed by atoms with Gasteiger partial charge in [-0.1, -0.05) is 18.2 Å². The first-order valence-electron chi connectivity index (χ1n) is 7.83. The molecule has 3 atom stereocenters. The van der Waals surface area contributed by atoms with E-state index in [1.165, 1.54) is 0 Å². The average molecular weight is 327 g/mol. The molecule has 1 aliphatic rings. The van der Waals surface area contributed by atoms with Crippen molar-refractivity contribution in [1.29, 1.82) is 5.26 Å². The van der Waals surface area contributed by atoms with Gasteiger partial charge in [-0.3, -0.25) is 9.48 Å². The van der Waals surface area contributed by atoms with E-state index >= 15 is 0 Å². The lowest BCUT2D eigenvalue weighted by Gasteiger charge is -2.29. The largest absolute Gasteiger partial charge is 0.365 e. The quantitative estimate of drug-likeness (QED) is 0.902. The van der Waals surface area contributed by atoms with Gasteiger partial charge < -0.3 is 11.1 Å². The van der Waals surface area contributed by atoms with Gasteiger partial charge in [-0.15, -0.1) is 0 Å². The van der Waals surface area contributed by atoms with Gasteiger partial charge in [0.1, 0.15) is 11.7 Å². The summed E-state index contributed by atoms with van der Waals surface area (Å²) in [7, 11) is 0. The number of para-hydroxylation sites is 1. The monoisotopic (exact) mass is 327 g/mol. The molecular formula is C17H18FN5O. The van der Waals surface area contributed by atoms with Gasteiger partial charge in [0.2, 0.25) is 0 Å². The summed E-state index contributed by atoms with van der Waals surface area (Å²) in [5, 5.41) is 16.8. The Kier molecular flexibility index (Phi) is 4.47. The number of carbonyl (C=O) groups excluding carboxylic acids is 1. The van der Waals surface area contributed by atoms with Crippen molar-refractivity contribution in [2.75, 3.05) is 5.32 Å². The Morgan fingerprint density at radius 2 is 2.12 bits per heavy atom. The molecule has 1 aliphatic carbocycles. The van der Waals surface area contributed by atoms with Gasteiger partial charge in [-0.05, 0) is 31.4 Å². The second-order valence-corrected chi connectivity index (χ2v) is 5.94. The average Bonchev–Trinajstić information content (AvgIpc) is 2.99. The minimum Gasteiger partial charge on any atom is -0.365 e. The van der Waals surface area contributed by atoms with Gasteiger partial charge in [-0.2, -0.15) is 10.4 Å². The Morgan fingerprint density at radius 3 is 2.79 bits per heavy atom. The lowest BCUT2D eigenvalue weighted by atomic mass is 9.84. The summed E-state index contributed by atoms with van der Waals surface area (Å²) in [6.07, 6.45) is 1.66. The number of benzene rings is 1. The van der Waals surface area contributed by atoms with E-state index in [1.807, 2.05) is 30.3 Å². The molecule has 1 unspecified atom stereocenters. The van der Waals surface area contributed by atoms with Crippen LogP contribution in [-0.2, 0) is 0 Å². The molecule has 0 aliphatic heterocycles. The van der Waals surface area contributed by atoms with Crippen LogP contribution in [0.2, 0.25) is 0 Å². The molecule has 1 aromatic heterocycles. The SMILES string of the molecule is N#C[C@H]1CC(F)CC[C@@H]1n1cc(C(N)=O)c(Nc2ccccc2)n1. The van der Waals surface area contributed by atoms with Gasteiger partial charge >= 0.3 is 0 Å². The number of nitrogens with zero attached hydrogens (tertiary/aromatic N) is 3. The molecule has 3 rings (SSSR count). The third kappa shape index (κ3) is 3.23. The number of rotatable bonds is 4. The van der Waals surface area contributed by atoms with Gasteiger partial charge in [-0.25, -0.2) is 4.39 Å². The van der Waals surface area contributed by atoms with E-state index in [1.54, 1.807) is 10.9 Å². The topological polar surface area (TPSA) is 96.7 Å². The highest BCUT2D eigenvalue weighted by Crippen LogP contribution is 2.35. The highest BCUT2D eigenvalue weighted by molar-refractivity contribution is 5.98. The Hall–Kier alpha value is -2.88. The fourth-order valence-corrected chi connectivity index (χ4v) is 3.05. The number of hydrogen-bond donors (Lipinski definition) is 2. The van der Waals surface area contributed by atoms with Crippen molar-refractivity contribution in [2.24, 2.45) is 11.7 Å². The summed E-state index contributed by atoms with van der Waals surface area (Å²) in [5.41, 5.74) is 6.46. The van der Waals surface area contributed by atoms with E-state index in [4.69, 9.17) is 5.73 Å². The maximum absolute atomic E-state index is 13.5. The molecule has 124 valence electrons. The number of aromatic nitrogens is 2. The zero-order valence-electron chi connectivity index (χ0n) is 13.0. The molecule has 3 N–H and O–H groups in total. The van der Waals surface area contributed by atoms with Crippen molar-refractivity contribution < 1.29 is 9.18 Å². The maximum Gasteiger partial charge on any atom is 0.254 e. The first-order valence-corrected chi connectivity index (χ1v) is 7.83. The van der Waals surface area contributed by atoms with Crippen molar-refractivity contribution in [2.45, 2.75) is 31.5 Å². The van der Waals surface area contributed by atoms with Crippen LogP contribution < -0.4 is 11.1 Å². The Morgan fingerprint density at radius 1 is 1.38 bits per heavy atom. The van der Waals surface area contributed by atoms with Crippen molar-refractivity contribution in [3.8, 4) is 6.07 Å². The van der Waals surface area contributed by atoms with E-state index < -0.39 is 18.0 Å². The highest BCUT2D eigenvalue weighted by atomic mass is 19.1. The van der Waals surface area contributed by atoms with Gasteiger partial charge in [0.05, 0.1) is 18.0 Å². The molecular weight excluding hydrogens is 309 g/mol. The summed E-state index contributed by atoms with van der Waals surface area (Å²) >= 11 is 0. The van der Waals surface area contributed by atoms with E-state index in [0.717, 1.165) is 5.69 Å². The fourth-order valence-electron chi connectivity index (χ4n) is 3.05. The number of alkyl halides is 1. The zero-order chi connectivity index (χ0) is 17.1.